The normalized spacial score (nSPS) is 14.6. The van der Waals surface area contributed by atoms with Crippen molar-refractivity contribution in [3.8, 4) is 0 Å². The van der Waals surface area contributed by atoms with Crippen LogP contribution in [0.5, 0.6) is 0 Å². The molecule has 0 atom stereocenters. The van der Waals surface area contributed by atoms with Gasteiger partial charge in [-0.3, -0.25) is 19.2 Å². The lowest BCUT2D eigenvalue weighted by molar-refractivity contribution is 0.0872. The third kappa shape index (κ3) is 3.52. The van der Waals surface area contributed by atoms with Crippen molar-refractivity contribution in [2.75, 3.05) is 9.80 Å². The molecule has 0 radical (unpaired) electrons. The van der Waals surface area contributed by atoms with Gasteiger partial charge in [-0.25, -0.2) is 9.80 Å². The molecule has 2 aliphatic heterocycles. The van der Waals surface area contributed by atoms with E-state index in [0.717, 1.165) is 33.4 Å². The average molecular weight is 660 g/mol. The number of hydrogen-bond donors (Lipinski definition) is 0. The van der Waals surface area contributed by atoms with Gasteiger partial charge in [0.15, 0.2) is 0 Å². The minimum absolute atomic E-state index is 0.248. The Morgan fingerprint density at radius 2 is 0.775 bits per heavy atom. The van der Waals surface area contributed by atoms with E-state index in [9.17, 15) is 19.2 Å². The number of nitrogens with zero attached hydrogens (tertiary/aromatic N) is 2. The highest BCUT2D eigenvalue weighted by atomic mass is 79.9. The van der Waals surface area contributed by atoms with Crippen LogP contribution in [0, 0.1) is 41.5 Å². The van der Waals surface area contributed by atoms with Crippen molar-refractivity contribution < 1.29 is 19.2 Å². The molecule has 2 aliphatic rings. The minimum atomic E-state index is -0.508. The monoisotopic (exact) mass is 658 g/mol. The molecule has 0 saturated heterocycles. The van der Waals surface area contributed by atoms with Gasteiger partial charge < -0.3 is 0 Å². The number of halogens is 2. The summed E-state index contributed by atoms with van der Waals surface area (Å²) in [6.45, 7) is 11.4. The zero-order chi connectivity index (χ0) is 28.9. The number of aryl methyl sites for hydroxylation is 6. The van der Waals surface area contributed by atoms with Gasteiger partial charge in [-0.05, 0) is 108 Å². The highest BCUT2D eigenvalue weighted by Crippen LogP contribution is 2.46. The SMILES string of the molecule is Cc1cc(C)c(N2C(=O)c3cc(Br)c4c5c(cc(Br)c(c35)C2=O)C(=O)N(c2c(C)cc(C)cc2C)C4=O)c(C)c1. The summed E-state index contributed by atoms with van der Waals surface area (Å²) in [5.41, 5.74) is 7.31. The van der Waals surface area contributed by atoms with E-state index in [2.05, 4.69) is 31.9 Å². The third-order valence-corrected chi connectivity index (χ3v) is 8.98. The van der Waals surface area contributed by atoms with Crippen molar-refractivity contribution in [1.82, 2.24) is 0 Å². The van der Waals surface area contributed by atoms with Crippen LogP contribution >= 0.6 is 31.9 Å². The van der Waals surface area contributed by atoms with Gasteiger partial charge in [0.1, 0.15) is 0 Å². The molecular formula is C32H24Br2N2O4. The first kappa shape index (κ1) is 26.6. The van der Waals surface area contributed by atoms with E-state index in [-0.39, 0.29) is 22.3 Å². The van der Waals surface area contributed by atoms with Crippen LogP contribution in [0.3, 0.4) is 0 Å². The van der Waals surface area contributed by atoms with Crippen LogP contribution in [0.15, 0.2) is 45.3 Å². The van der Waals surface area contributed by atoms with Crippen molar-refractivity contribution >= 4 is 77.6 Å². The highest BCUT2D eigenvalue weighted by molar-refractivity contribution is 9.10. The van der Waals surface area contributed by atoms with E-state index in [0.29, 0.717) is 31.1 Å². The summed E-state index contributed by atoms with van der Waals surface area (Å²) in [6.07, 6.45) is 0. The molecule has 0 spiro atoms. The lowest BCUT2D eigenvalue weighted by atomic mass is 9.85. The Hall–Kier alpha value is -3.62. The van der Waals surface area contributed by atoms with E-state index in [1.807, 2.05) is 65.8 Å². The maximum atomic E-state index is 14.1. The molecule has 6 nitrogen and oxygen atoms in total. The van der Waals surface area contributed by atoms with Gasteiger partial charge in [0, 0.05) is 19.7 Å². The Labute approximate surface area is 248 Å². The van der Waals surface area contributed by atoms with Crippen LogP contribution in [0.2, 0.25) is 0 Å². The Kier molecular flexibility index (Phi) is 5.95. The molecule has 0 aliphatic carbocycles. The van der Waals surface area contributed by atoms with Gasteiger partial charge >= 0.3 is 0 Å². The fourth-order valence-electron chi connectivity index (χ4n) is 6.43. The summed E-state index contributed by atoms with van der Waals surface area (Å²) >= 11 is 7.09. The lowest BCUT2D eigenvalue weighted by Crippen LogP contribution is -2.44. The number of anilines is 2. The summed E-state index contributed by atoms with van der Waals surface area (Å²) in [5, 5.41) is 0.630. The number of rotatable bonds is 2. The van der Waals surface area contributed by atoms with Crippen molar-refractivity contribution in [3.05, 3.63) is 101 Å². The summed E-state index contributed by atoms with van der Waals surface area (Å²) in [7, 11) is 0. The first-order chi connectivity index (χ1) is 18.8. The first-order valence-corrected chi connectivity index (χ1v) is 14.3. The summed E-state index contributed by atoms with van der Waals surface area (Å²) in [6, 6.07) is 10.9. The quantitative estimate of drug-likeness (QED) is 0.206. The molecule has 200 valence electrons. The van der Waals surface area contributed by atoms with E-state index >= 15 is 0 Å². The zero-order valence-electron chi connectivity index (χ0n) is 22.7. The number of benzene rings is 4. The highest BCUT2D eigenvalue weighted by Gasteiger charge is 2.44. The van der Waals surface area contributed by atoms with Crippen LogP contribution in [0.4, 0.5) is 11.4 Å². The van der Waals surface area contributed by atoms with Crippen LogP contribution in [-0.2, 0) is 0 Å². The molecule has 0 unspecified atom stereocenters. The standard InChI is InChI=1S/C32H24Br2N2O4/c1-13-7-15(3)27(16(4)8-13)35-29(37)19-11-22(34)26-24-20(12-21(33)25(23(19)24)31(35)39)30(38)36(32(26)40)28-17(5)9-14(2)10-18(28)6/h7-12H,1-6H3. The number of hydrogen-bond acceptors (Lipinski definition) is 4. The van der Waals surface area contributed by atoms with Gasteiger partial charge in [0.2, 0.25) is 0 Å². The van der Waals surface area contributed by atoms with E-state index in [1.54, 1.807) is 12.1 Å². The van der Waals surface area contributed by atoms with E-state index < -0.39 is 23.6 Å². The predicted molar refractivity (Wildman–Crippen MR) is 163 cm³/mol. The van der Waals surface area contributed by atoms with Gasteiger partial charge in [0.05, 0.1) is 33.6 Å². The van der Waals surface area contributed by atoms with Gasteiger partial charge in [0.25, 0.3) is 23.6 Å². The Bertz CT molecular complexity index is 1740. The van der Waals surface area contributed by atoms with Gasteiger partial charge in [-0.2, -0.15) is 0 Å². The Morgan fingerprint density at radius 1 is 0.475 bits per heavy atom. The molecule has 0 aromatic heterocycles. The molecule has 4 amide bonds. The summed E-state index contributed by atoms with van der Waals surface area (Å²) in [5.74, 6) is -2.02. The van der Waals surface area contributed by atoms with Crippen molar-refractivity contribution in [2.45, 2.75) is 41.5 Å². The largest absolute Gasteiger partial charge is 0.268 e. The number of imide groups is 2. The molecule has 4 aromatic carbocycles. The molecule has 0 fully saturated rings. The fraction of sp³-hybridized carbons (Fsp3) is 0.188. The maximum absolute atomic E-state index is 14.1. The second kappa shape index (κ2) is 8.94. The molecule has 6 rings (SSSR count). The third-order valence-electron chi connectivity index (χ3n) is 7.73. The molecule has 4 aromatic rings. The van der Waals surface area contributed by atoms with Crippen molar-refractivity contribution in [2.24, 2.45) is 0 Å². The van der Waals surface area contributed by atoms with Crippen LogP contribution < -0.4 is 9.80 Å². The molecule has 0 saturated carbocycles. The fourth-order valence-corrected chi connectivity index (χ4v) is 7.62. The Balaban J connectivity index is 1.65. The number of carbonyl (C=O) groups is 4. The van der Waals surface area contributed by atoms with E-state index in [4.69, 9.17) is 0 Å². The van der Waals surface area contributed by atoms with E-state index in [1.165, 1.54) is 9.80 Å². The molecule has 8 heteroatoms. The van der Waals surface area contributed by atoms with Crippen LogP contribution in [0.25, 0.3) is 10.8 Å². The lowest BCUT2D eigenvalue weighted by Gasteiger charge is -2.34. The Morgan fingerprint density at radius 3 is 1.07 bits per heavy atom. The number of amides is 4. The predicted octanol–water partition coefficient (Wildman–Crippen LogP) is 7.82. The van der Waals surface area contributed by atoms with Crippen molar-refractivity contribution in [1.29, 1.82) is 0 Å². The van der Waals surface area contributed by atoms with Crippen LogP contribution in [0.1, 0.15) is 74.8 Å². The topological polar surface area (TPSA) is 74.8 Å². The molecule has 0 N–H and O–H groups in total. The first-order valence-electron chi connectivity index (χ1n) is 12.8. The summed E-state index contributed by atoms with van der Waals surface area (Å²) < 4.78 is 0.767. The minimum Gasteiger partial charge on any atom is -0.268 e. The second-order valence-electron chi connectivity index (χ2n) is 10.7. The van der Waals surface area contributed by atoms with Crippen LogP contribution in [-0.4, -0.2) is 23.6 Å². The second-order valence-corrected chi connectivity index (χ2v) is 12.4. The van der Waals surface area contributed by atoms with Gasteiger partial charge in [-0.1, -0.05) is 35.4 Å². The molecular weight excluding hydrogens is 636 g/mol. The molecule has 0 bridgehead atoms. The maximum Gasteiger partial charge on any atom is 0.267 e. The average Bonchev–Trinajstić information content (AvgIpc) is 2.84. The molecule has 2 heterocycles. The molecule has 40 heavy (non-hydrogen) atoms. The number of carbonyl (C=O) groups excluding carboxylic acids is 4. The summed E-state index contributed by atoms with van der Waals surface area (Å²) in [4.78, 5) is 58.7. The zero-order valence-corrected chi connectivity index (χ0v) is 25.9. The van der Waals surface area contributed by atoms with Crippen molar-refractivity contribution in [3.63, 3.8) is 0 Å². The van der Waals surface area contributed by atoms with Gasteiger partial charge in [-0.15, -0.1) is 0 Å². The smallest absolute Gasteiger partial charge is 0.267 e.